The van der Waals surface area contributed by atoms with Crippen LogP contribution in [0.25, 0.3) is 0 Å². The van der Waals surface area contributed by atoms with Gasteiger partial charge in [0.15, 0.2) is 0 Å². The quantitative estimate of drug-likeness (QED) is 0.674. The van der Waals surface area contributed by atoms with Crippen LogP contribution in [0.1, 0.15) is 21.5 Å². The fourth-order valence-corrected chi connectivity index (χ4v) is 2.14. The van der Waals surface area contributed by atoms with Crippen LogP contribution in [0.5, 0.6) is 0 Å². The van der Waals surface area contributed by atoms with Crippen LogP contribution in [0.15, 0.2) is 47.6 Å². The molecule has 0 saturated heterocycles. The summed E-state index contributed by atoms with van der Waals surface area (Å²) in [5.74, 6) is -0.353. The predicted octanol–water partition coefficient (Wildman–Crippen LogP) is 4.07. The Morgan fingerprint density at radius 2 is 2.00 bits per heavy atom. The molecule has 0 saturated carbocycles. The highest BCUT2D eigenvalue weighted by molar-refractivity contribution is 6.34. The molecule has 0 spiro atoms. The molecule has 1 N–H and O–H groups in total. The van der Waals surface area contributed by atoms with Gasteiger partial charge in [-0.25, -0.2) is 5.43 Å². The highest BCUT2D eigenvalue weighted by Gasteiger charge is 2.08. The molecule has 1 amide bonds. The zero-order chi connectivity index (χ0) is 14.5. The van der Waals surface area contributed by atoms with Crippen molar-refractivity contribution in [3.05, 3.63) is 69.2 Å². The van der Waals surface area contributed by atoms with Crippen LogP contribution >= 0.6 is 23.2 Å². The highest BCUT2D eigenvalue weighted by Crippen LogP contribution is 2.17. The molecule has 3 nitrogen and oxygen atoms in total. The van der Waals surface area contributed by atoms with E-state index in [9.17, 15) is 4.79 Å². The van der Waals surface area contributed by atoms with Crippen molar-refractivity contribution in [1.82, 2.24) is 5.43 Å². The average molecular weight is 307 g/mol. The van der Waals surface area contributed by atoms with Crippen molar-refractivity contribution in [3.8, 4) is 0 Å². The Balaban J connectivity index is 2.05. The Morgan fingerprint density at radius 1 is 1.20 bits per heavy atom. The van der Waals surface area contributed by atoms with E-state index in [1.165, 1.54) is 6.21 Å². The standard InChI is InChI=1S/C15H12Cl2N2O/c1-10-5-6-13(14(17)7-10)15(20)19-18-9-11-3-2-4-12(16)8-11/h2-9H,1H3,(H,19,20)/b18-9+. The van der Waals surface area contributed by atoms with Gasteiger partial charge in [0.05, 0.1) is 16.8 Å². The Bertz CT molecular complexity index is 669. The van der Waals surface area contributed by atoms with Crippen LogP contribution < -0.4 is 5.43 Å². The predicted molar refractivity (Wildman–Crippen MR) is 82.7 cm³/mol. The number of carbonyl (C=O) groups is 1. The maximum absolute atomic E-state index is 11.9. The van der Waals surface area contributed by atoms with Gasteiger partial charge in [0.1, 0.15) is 0 Å². The molecular weight excluding hydrogens is 295 g/mol. The van der Waals surface area contributed by atoms with Crippen molar-refractivity contribution in [2.45, 2.75) is 6.92 Å². The summed E-state index contributed by atoms with van der Waals surface area (Å²) in [6.45, 7) is 1.91. The van der Waals surface area contributed by atoms with Gasteiger partial charge in [-0.3, -0.25) is 4.79 Å². The lowest BCUT2D eigenvalue weighted by molar-refractivity contribution is 0.0955. The molecule has 0 aliphatic heterocycles. The molecule has 0 aliphatic carbocycles. The van der Waals surface area contributed by atoms with Gasteiger partial charge in [0, 0.05) is 5.02 Å². The summed E-state index contributed by atoms with van der Waals surface area (Å²) in [5.41, 5.74) is 4.61. The van der Waals surface area contributed by atoms with E-state index in [0.717, 1.165) is 11.1 Å². The number of nitrogens with zero attached hydrogens (tertiary/aromatic N) is 1. The third-order valence-electron chi connectivity index (χ3n) is 2.60. The van der Waals surface area contributed by atoms with Crippen molar-refractivity contribution < 1.29 is 4.79 Å². The summed E-state index contributed by atoms with van der Waals surface area (Å²) in [6, 6.07) is 12.4. The van der Waals surface area contributed by atoms with E-state index < -0.39 is 0 Å². The van der Waals surface area contributed by atoms with Crippen LogP contribution in [0.2, 0.25) is 10.0 Å². The minimum absolute atomic E-state index is 0.353. The first-order valence-corrected chi connectivity index (χ1v) is 6.67. The van der Waals surface area contributed by atoms with E-state index in [-0.39, 0.29) is 5.91 Å². The normalized spacial score (nSPS) is 10.8. The summed E-state index contributed by atoms with van der Waals surface area (Å²) in [7, 11) is 0. The van der Waals surface area contributed by atoms with Crippen LogP contribution in [-0.2, 0) is 0 Å². The zero-order valence-corrected chi connectivity index (χ0v) is 12.2. The fourth-order valence-electron chi connectivity index (χ4n) is 1.62. The Kier molecular flexibility index (Phi) is 4.77. The van der Waals surface area contributed by atoms with E-state index in [2.05, 4.69) is 10.5 Å². The molecule has 2 rings (SSSR count). The first-order chi connectivity index (χ1) is 9.56. The van der Waals surface area contributed by atoms with Crippen LogP contribution in [-0.4, -0.2) is 12.1 Å². The molecule has 0 aromatic heterocycles. The van der Waals surface area contributed by atoms with E-state index in [1.807, 2.05) is 25.1 Å². The lowest BCUT2D eigenvalue weighted by Crippen LogP contribution is -2.18. The van der Waals surface area contributed by atoms with Crippen molar-refractivity contribution in [2.24, 2.45) is 5.10 Å². The molecule has 0 atom stereocenters. The van der Waals surface area contributed by atoms with Gasteiger partial charge in [0.2, 0.25) is 0 Å². The molecule has 2 aromatic carbocycles. The van der Waals surface area contributed by atoms with E-state index in [1.54, 1.807) is 24.3 Å². The lowest BCUT2D eigenvalue weighted by Gasteiger charge is -2.03. The van der Waals surface area contributed by atoms with Crippen LogP contribution in [0, 0.1) is 6.92 Å². The third-order valence-corrected chi connectivity index (χ3v) is 3.15. The van der Waals surface area contributed by atoms with Crippen LogP contribution in [0.4, 0.5) is 0 Å². The van der Waals surface area contributed by atoms with Crippen molar-refractivity contribution in [3.63, 3.8) is 0 Å². The Morgan fingerprint density at radius 3 is 2.70 bits per heavy atom. The first kappa shape index (κ1) is 14.6. The molecule has 102 valence electrons. The maximum Gasteiger partial charge on any atom is 0.272 e. The number of aryl methyl sites for hydroxylation is 1. The molecular formula is C15H12Cl2N2O. The molecule has 0 fully saturated rings. The highest BCUT2D eigenvalue weighted by atomic mass is 35.5. The number of halogens is 2. The van der Waals surface area contributed by atoms with Gasteiger partial charge in [-0.2, -0.15) is 5.10 Å². The number of rotatable bonds is 3. The van der Waals surface area contributed by atoms with Gasteiger partial charge < -0.3 is 0 Å². The molecule has 2 aromatic rings. The average Bonchev–Trinajstić information content (AvgIpc) is 2.38. The summed E-state index contributed by atoms with van der Waals surface area (Å²) in [5, 5.41) is 4.90. The first-order valence-electron chi connectivity index (χ1n) is 5.91. The minimum atomic E-state index is -0.353. The van der Waals surface area contributed by atoms with Gasteiger partial charge in [-0.15, -0.1) is 0 Å². The van der Waals surface area contributed by atoms with Crippen molar-refractivity contribution in [1.29, 1.82) is 0 Å². The van der Waals surface area contributed by atoms with E-state index in [4.69, 9.17) is 23.2 Å². The van der Waals surface area contributed by atoms with Crippen LogP contribution in [0.3, 0.4) is 0 Å². The second-order valence-corrected chi connectivity index (χ2v) is 5.08. The number of nitrogens with one attached hydrogen (secondary N) is 1. The maximum atomic E-state index is 11.9. The molecule has 0 unspecified atom stereocenters. The van der Waals surface area contributed by atoms with Gasteiger partial charge in [-0.05, 0) is 42.3 Å². The number of carbonyl (C=O) groups excluding carboxylic acids is 1. The second-order valence-electron chi connectivity index (χ2n) is 4.24. The number of hydrogen-bond acceptors (Lipinski definition) is 2. The minimum Gasteiger partial charge on any atom is -0.267 e. The zero-order valence-electron chi connectivity index (χ0n) is 10.7. The number of amides is 1. The number of hydrogen-bond donors (Lipinski definition) is 1. The number of benzene rings is 2. The van der Waals surface area contributed by atoms with Gasteiger partial charge in [0.25, 0.3) is 5.91 Å². The van der Waals surface area contributed by atoms with Crippen molar-refractivity contribution >= 4 is 35.3 Å². The molecule has 0 heterocycles. The summed E-state index contributed by atoms with van der Waals surface area (Å²) in [6.07, 6.45) is 1.52. The van der Waals surface area contributed by atoms with E-state index in [0.29, 0.717) is 15.6 Å². The Labute approximate surface area is 127 Å². The molecule has 0 aliphatic rings. The smallest absolute Gasteiger partial charge is 0.267 e. The molecule has 0 bridgehead atoms. The largest absolute Gasteiger partial charge is 0.272 e. The summed E-state index contributed by atoms with van der Waals surface area (Å²) in [4.78, 5) is 11.9. The second kappa shape index (κ2) is 6.55. The third kappa shape index (κ3) is 3.83. The number of hydrazone groups is 1. The SMILES string of the molecule is Cc1ccc(C(=O)N/N=C/c2cccc(Cl)c2)c(Cl)c1. The molecule has 5 heteroatoms. The summed E-state index contributed by atoms with van der Waals surface area (Å²) >= 11 is 11.9. The topological polar surface area (TPSA) is 41.5 Å². The monoisotopic (exact) mass is 306 g/mol. The van der Waals surface area contributed by atoms with Crippen molar-refractivity contribution in [2.75, 3.05) is 0 Å². The molecule has 0 radical (unpaired) electrons. The van der Waals surface area contributed by atoms with Gasteiger partial charge in [-0.1, -0.05) is 41.4 Å². The fraction of sp³-hybridized carbons (Fsp3) is 0.0667. The Hall–Kier alpha value is -1.84. The molecule has 20 heavy (non-hydrogen) atoms. The summed E-state index contributed by atoms with van der Waals surface area (Å²) < 4.78 is 0. The van der Waals surface area contributed by atoms with E-state index >= 15 is 0 Å². The lowest BCUT2D eigenvalue weighted by atomic mass is 10.1. The van der Waals surface area contributed by atoms with Gasteiger partial charge >= 0.3 is 0 Å².